The van der Waals surface area contributed by atoms with Gasteiger partial charge in [0.05, 0.1) is 16.9 Å². The number of nitriles is 1. The average Bonchev–Trinajstić information content (AvgIpc) is 3.57. The van der Waals surface area contributed by atoms with Crippen molar-refractivity contribution in [2.24, 2.45) is 16.8 Å². The molecule has 7 nitrogen and oxygen atoms in total. The number of hydrogen-bond acceptors (Lipinski definition) is 5. The zero-order valence-corrected chi connectivity index (χ0v) is 21.3. The Labute approximate surface area is 217 Å². The predicted molar refractivity (Wildman–Crippen MR) is 129 cm³/mol. The van der Waals surface area contributed by atoms with Gasteiger partial charge in [-0.3, -0.25) is 4.79 Å². The molecule has 1 aliphatic rings. The molecule has 1 amide bonds. The molecule has 2 atom stereocenters. The first kappa shape index (κ1) is 29.5. The highest BCUT2D eigenvalue weighted by atomic mass is 32.2. The molecular weight excluding hydrogens is 531 g/mol. The number of rotatable bonds is 9. The summed E-state index contributed by atoms with van der Waals surface area (Å²) in [7, 11) is -3.96. The molecule has 1 saturated carbocycles. The van der Waals surface area contributed by atoms with E-state index in [2.05, 4.69) is 5.32 Å². The van der Waals surface area contributed by atoms with Crippen LogP contribution < -0.4 is 16.2 Å². The van der Waals surface area contributed by atoms with Crippen LogP contribution in [0.2, 0.25) is 0 Å². The number of halogens is 5. The van der Waals surface area contributed by atoms with Gasteiger partial charge in [-0.1, -0.05) is 50.2 Å². The lowest BCUT2D eigenvalue weighted by Crippen LogP contribution is -2.66. The zero-order chi connectivity index (χ0) is 28.7. The van der Waals surface area contributed by atoms with Gasteiger partial charge in [0.2, 0.25) is 15.9 Å². The van der Waals surface area contributed by atoms with Gasteiger partial charge >= 0.3 is 12.1 Å². The van der Waals surface area contributed by atoms with Gasteiger partial charge in [0, 0.05) is 0 Å². The van der Waals surface area contributed by atoms with Crippen molar-refractivity contribution in [2.45, 2.75) is 67.1 Å². The van der Waals surface area contributed by atoms with Gasteiger partial charge in [0.25, 0.3) is 0 Å². The number of nitrogens with one attached hydrogen (secondary N) is 1. The lowest BCUT2D eigenvalue weighted by molar-refractivity contribution is -0.296. The molecule has 0 saturated heterocycles. The van der Waals surface area contributed by atoms with Gasteiger partial charge in [0.15, 0.2) is 0 Å². The first-order chi connectivity index (χ1) is 17.4. The molecule has 13 heteroatoms. The fourth-order valence-corrected chi connectivity index (χ4v) is 4.96. The molecule has 0 unspecified atom stereocenters. The Hall–Kier alpha value is -3.08. The first-order valence-electron chi connectivity index (χ1n) is 11.6. The van der Waals surface area contributed by atoms with E-state index in [0.717, 1.165) is 12.1 Å². The smallest absolute Gasteiger partial charge is 0.336 e. The van der Waals surface area contributed by atoms with E-state index >= 15 is 8.78 Å². The quantitative estimate of drug-likeness (QED) is 0.396. The summed E-state index contributed by atoms with van der Waals surface area (Å²) in [6.07, 6.45) is -6.10. The maximum atomic E-state index is 15.2. The highest BCUT2D eigenvalue weighted by molar-refractivity contribution is 7.89. The Morgan fingerprint density at radius 3 is 1.87 bits per heavy atom. The number of alkyl halides is 5. The number of primary sulfonamides is 1. The number of sulfonamides is 1. The number of nitrogens with two attached hydrogens (primary N) is 2. The maximum Gasteiger partial charge on any atom is 0.454 e. The average molecular weight is 559 g/mol. The third-order valence-corrected chi connectivity index (χ3v) is 7.43. The lowest BCUT2D eigenvalue weighted by Gasteiger charge is -2.42. The minimum absolute atomic E-state index is 0.166. The van der Waals surface area contributed by atoms with E-state index in [1.54, 1.807) is 0 Å². The molecule has 2 aromatic carbocycles. The van der Waals surface area contributed by atoms with E-state index in [1.165, 1.54) is 50.2 Å². The summed E-state index contributed by atoms with van der Waals surface area (Å²) in [5.41, 5.74) is 2.44. The number of hydrogen-bond donors (Lipinski definition) is 3. The highest BCUT2D eigenvalue weighted by Gasteiger charge is 2.69. The summed E-state index contributed by atoms with van der Waals surface area (Å²) < 4.78 is 94.5. The van der Waals surface area contributed by atoms with Crippen molar-refractivity contribution in [3.8, 4) is 17.2 Å². The largest absolute Gasteiger partial charge is 0.454 e. The molecule has 0 bridgehead atoms. The minimum Gasteiger partial charge on any atom is -0.336 e. The van der Waals surface area contributed by atoms with Crippen molar-refractivity contribution in [3.63, 3.8) is 0 Å². The summed E-state index contributed by atoms with van der Waals surface area (Å²) in [4.78, 5) is 13.1. The maximum absolute atomic E-state index is 15.2. The topological polar surface area (TPSA) is 139 Å². The van der Waals surface area contributed by atoms with Crippen LogP contribution in [-0.4, -0.2) is 37.5 Å². The van der Waals surface area contributed by atoms with Crippen LogP contribution in [-0.2, 0) is 14.8 Å². The molecule has 0 heterocycles. The van der Waals surface area contributed by atoms with Gasteiger partial charge in [0.1, 0.15) is 11.1 Å². The molecule has 2 aromatic rings. The van der Waals surface area contributed by atoms with Gasteiger partial charge in [-0.15, -0.1) is 0 Å². The van der Waals surface area contributed by atoms with E-state index < -0.39 is 62.9 Å². The molecule has 3 rings (SSSR count). The zero-order valence-electron chi connectivity index (χ0n) is 20.5. The third kappa shape index (κ3) is 5.82. The Kier molecular flexibility index (Phi) is 7.68. The normalized spacial score (nSPS) is 17.8. The lowest BCUT2D eigenvalue weighted by atomic mass is 9.70. The molecule has 1 aliphatic carbocycles. The van der Waals surface area contributed by atoms with Crippen molar-refractivity contribution >= 4 is 15.9 Å². The SMILES string of the molecule is CC(C)C[C@](N)(C(=O)NC1(C#N)CC1)[C@H](c1ccc(-c2ccc(S(N)(=O)=O)cc2)cc1)C(F)(F)C(F)(F)F. The van der Waals surface area contributed by atoms with Crippen LogP contribution in [0.4, 0.5) is 22.0 Å². The van der Waals surface area contributed by atoms with Crippen LogP contribution >= 0.6 is 0 Å². The van der Waals surface area contributed by atoms with Crippen LogP contribution in [0.25, 0.3) is 11.1 Å². The second-order valence-electron chi connectivity index (χ2n) is 10.0. The summed E-state index contributed by atoms with van der Waals surface area (Å²) in [6.45, 7) is 3.06. The standard InChI is InChI=1S/C25H27F5N4O3S/c1-15(2)13-23(32,21(35)34-22(14-31)11-12-22)20(24(26,27)25(28,29)30)18-5-3-16(4-6-18)17-7-9-19(10-8-17)38(33,36)37/h3-10,15,20H,11-13,32H2,1-2H3,(H,34,35)(H2,33,36,37)/t20-,23+/m0/s1. The van der Waals surface area contributed by atoms with E-state index in [4.69, 9.17) is 10.9 Å². The summed E-state index contributed by atoms with van der Waals surface area (Å²) in [6, 6.07) is 11.7. The molecule has 5 N–H and O–H groups in total. The molecule has 0 aliphatic heterocycles. The van der Waals surface area contributed by atoms with Gasteiger partial charge < -0.3 is 11.1 Å². The third-order valence-electron chi connectivity index (χ3n) is 6.50. The number of carbonyl (C=O) groups excluding carboxylic acids is 1. The first-order valence-corrected chi connectivity index (χ1v) is 13.1. The fourth-order valence-electron chi connectivity index (χ4n) is 4.44. The molecule has 206 valence electrons. The molecule has 0 radical (unpaired) electrons. The van der Waals surface area contributed by atoms with Crippen LogP contribution in [0.1, 0.15) is 44.6 Å². The fraction of sp³-hybridized carbons (Fsp3) is 0.440. The van der Waals surface area contributed by atoms with E-state index in [-0.39, 0.29) is 17.7 Å². The van der Waals surface area contributed by atoms with Crippen LogP contribution in [0, 0.1) is 17.2 Å². The minimum atomic E-state index is -6.03. The monoisotopic (exact) mass is 558 g/mol. The highest BCUT2D eigenvalue weighted by Crippen LogP contribution is 2.52. The number of carbonyl (C=O) groups is 1. The van der Waals surface area contributed by atoms with Crippen LogP contribution in [0.3, 0.4) is 0 Å². The van der Waals surface area contributed by atoms with Crippen LogP contribution in [0.5, 0.6) is 0 Å². The molecule has 1 fully saturated rings. The second kappa shape index (κ2) is 9.91. The van der Waals surface area contributed by atoms with Gasteiger partial charge in [-0.2, -0.15) is 27.2 Å². The van der Waals surface area contributed by atoms with Gasteiger partial charge in [-0.05, 0) is 54.0 Å². The van der Waals surface area contributed by atoms with Crippen molar-refractivity contribution in [3.05, 3.63) is 54.1 Å². The molecule has 38 heavy (non-hydrogen) atoms. The van der Waals surface area contributed by atoms with Crippen molar-refractivity contribution in [2.75, 3.05) is 0 Å². The summed E-state index contributed by atoms with van der Waals surface area (Å²) in [5.74, 6) is -10.0. The van der Waals surface area contributed by atoms with E-state index in [0.29, 0.717) is 11.1 Å². The van der Waals surface area contributed by atoms with Crippen LogP contribution in [0.15, 0.2) is 53.4 Å². The van der Waals surface area contributed by atoms with Crippen molar-refractivity contribution in [1.82, 2.24) is 5.32 Å². The Morgan fingerprint density at radius 2 is 1.50 bits per heavy atom. The van der Waals surface area contributed by atoms with Crippen molar-refractivity contribution < 1.29 is 35.2 Å². The predicted octanol–water partition coefficient (Wildman–Crippen LogP) is 4.20. The Bertz CT molecular complexity index is 1330. The van der Waals surface area contributed by atoms with Crippen molar-refractivity contribution in [1.29, 1.82) is 5.26 Å². The number of benzene rings is 2. The Balaban J connectivity index is 2.11. The second-order valence-corrected chi connectivity index (χ2v) is 11.6. The summed E-state index contributed by atoms with van der Waals surface area (Å²) >= 11 is 0. The van der Waals surface area contributed by atoms with Gasteiger partial charge in [-0.25, -0.2) is 13.6 Å². The Morgan fingerprint density at radius 1 is 1.03 bits per heavy atom. The van der Waals surface area contributed by atoms with E-state index in [9.17, 15) is 31.6 Å². The number of nitrogens with zero attached hydrogens (tertiary/aromatic N) is 1. The molecular formula is C25H27F5N4O3S. The van der Waals surface area contributed by atoms with E-state index in [1.807, 2.05) is 6.07 Å². The molecule has 0 aromatic heterocycles. The molecule has 0 spiro atoms. The number of amides is 1. The summed E-state index contributed by atoms with van der Waals surface area (Å²) in [5, 5.41) is 16.7.